The quantitative estimate of drug-likeness (QED) is 0.845. The van der Waals surface area contributed by atoms with Crippen molar-refractivity contribution in [1.82, 2.24) is 9.80 Å². The van der Waals surface area contributed by atoms with Gasteiger partial charge in [-0.3, -0.25) is 14.4 Å². The van der Waals surface area contributed by atoms with Crippen LogP contribution in [-0.2, 0) is 9.59 Å². The summed E-state index contributed by atoms with van der Waals surface area (Å²) in [5.41, 5.74) is -0.487. The number of hydrogen-bond donors (Lipinski definition) is 1. The summed E-state index contributed by atoms with van der Waals surface area (Å²) in [4.78, 5) is 39.1. The molecular formula is C17H19FN2O4. The summed E-state index contributed by atoms with van der Waals surface area (Å²) < 4.78 is 13.6. The summed E-state index contributed by atoms with van der Waals surface area (Å²) in [6, 6.07) is 4.37. The molecule has 0 radical (unpaired) electrons. The number of halogens is 1. The molecule has 24 heavy (non-hydrogen) atoms. The first-order valence-electron chi connectivity index (χ1n) is 7.93. The molecule has 0 unspecified atom stereocenters. The Morgan fingerprint density at radius 2 is 1.67 bits per heavy atom. The average molecular weight is 334 g/mol. The zero-order valence-electron chi connectivity index (χ0n) is 13.4. The van der Waals surface area contributed by atoms with Gasteiger partial charge in [0.1, 0.15) is 11.2 Å². The highest BCUT2D eigenvalue weighted by Gasteiger charge is 2.58. The number of hydrogen-bond acceptors (Lipinski definition) is 3. The second-order valence-corrected chi connectivity index (χ2v) is 6.44. The van der Waals surface area contributed by atoms with Gasteiger partial charge in [-0.05, 0) is 37.5 Å². The normalized spacial score (nSPS) is 19.1. The lowest BCUT2D eigenvalue weighted by Gasteiger charge is -2.36. The molecule has 2 fully saturated rings. The van der Waals surface area contributed by atoms with Crippen LogP contribution in [0.25, 0.3) is 0 Å². The first kappa shape index (κ1) is 16.4. The molecule has 0 bridgehead atoms. The fourth-order valence-corrected chi connectivity index (χ4v) is 2.97. The molecule has 6 nitrogen and oxygen atoms in total. The third kappa shape index (κ3) is 2.74. The number of carboxylic acids is 1. The Kier molecular flexibility index (Phi) is 4.03. The van der Waals surface area contributed by atoms with Crippen LogP contribution in [0, 0.1) is 18.2 Å². The van der Waals surface area contributed by atoms with Gasteiger partial charge in [-0.15, -0.1) is 0 Å². The summed E-state index contributed by atoms with van der Waals surface area (Å²) in [6.07, 6.45) is 0.756. The molecule has 1 N–H and O–H groups in total. The third-order valence-corrected chi connectivity index (χ3v) is 4.84. The van der Waals surface area contributed by atoms with E-state index in [9.17, 15) is 23.9 Å². The Labute approximate surface area is 138 Å². The van der Waals surface area contributed by atoms with E-state index in [-0.39, 0.29) is 17.4 Å². The molecule has 0 aromatic heterocycles. The minimum absolute atomic E-state index is 0.277. The van der Waals surface area contributed by atoms with Crippen molar-refractivity contribution in [3.63, 3.8) is 0 Å². The Balaban J connectivity index is 1.62. The van der Waals surface area contributed by atoms with Crippen molar-refractivity contribution in [3.8, 4) is 0 Å². The molecule has 1 saturated carbocycles. The number of aryl methyl sites for hydroxylation is 1. The van der Waals surface area contributed by atoms with Gasteiger partial charge in [0.2, 0.25) is 5.91 Å². The minimum atomic E-state index is -1.24. The molecule has 1 aromatic carbocycles. The van der Waals surface area contributed by atoms with E-state index in [2.05, 4.69) is 0 Å². The van der Waals surface area contributed by atoms with E-state index in [1.807, 2.05) is 0 Å². The van der Waals surface area contributed by atoms with Crippen LogP contribution in [0.2, 0.25) is 0 Å². The molecular weight excluding hydrogens is 315 g/mol. The van der Waals surface area contributed by atoms with E-state index in [4.69, 9.17) is 0 Å². The molecule has 0 atom stereocenters. The van der Waals surface area contributed by atoms with Gasteiger partial charge in [-0.25, -0.2) is 4.39 Å². The number of aliphatic carboxylic acids is 1. The molecule has 7 heteroatoms. The first-order valence-corrected chi connectivity index (χ1v) is 7.93. The van der Waals surface area contributed by atoms with Crippen LogP contribution < -0.4 is 0 Å². The molecule has 128 valence electrons. The Morgan fingerprint density at radius 1 is 1.08 bits per heavy atom. The zero-order chi connectivity index (χ0) is 17.5. The van der Waals surface area contributed by atoms with Crippen LogP contribution >= 0.6 is 0 Å². The average Bonchev–Trinajstić information content (AvgIpc) is 3.38. The maximum absolute atomic E-state index is 13.6. The highest BCUT2D eigenvalue weighted by Crippen LogP contribution is 2.47. The van der Waals surface area contributed by atoms with Crippen LogP contribution in [0.5, 0.6) is 0 Å². The van der Waals surface area contributed by atoms with Gasteiger partial charge in [-0.2, -0.15) is 0 Å². The predicted molar refractivity (Wildman–Crippen MR) is 82.9 cm³/mol. The number of nitrogens with zero attached hydrogens (tertiary/aromatic N) is 2. The number of carbonyl (C=O) groups is 3. The fourth-order valence-electron chi connectivity index (χ4n) is 2.97. The highest BCUT2D eigenvalue weighted by molar-refractivity contribution is 6.05. The van der Waals surface area contributed by atoms with E-state index in [0.717, 1.165) is 0 Å². The second-order valence-electron chi connectivity index (χ2n) is 6.44. The second kappa shape index (κ2) is 5.89. The van der Waals surface area contributed by atoms with E-state index >= 15 is 0 Å². The molecule has 1 aliphatic carbocycles. The first-order chi connectivity index (χ1) is 11.3. The standard InChI is InChI=1S/C17H19FN2O4/c1-11-2-3-12(10-13(11)18)14(21)19-6-8-20(9-7-19)15(22)17(4-5-17)16(23)24/h2-3,10H,4-9H2,1H3,(H,23,24). The smallest absolute Gasteiger partial charge is 0.319 e. The van der Waals surface area contributed by atoms with E-state index in [0.29, 0.717) is 44.6 Å². The number of amides is 2. The summed E-state index contributed by atoms with van der Waals surface area (Å²) in [6.45, 7) is 2.86. The molecule has 0 spiro atoms. The van der Waals surface area contributed by atoms with Crippen LogP contribution in [0.1, 0.15) is 28.8 Å². The monoisotopic (exact) mass is 334 g/mol. The SMILES string of the molecule is Cc1ccc(C(=O)N2CCN(C(=O)C3(C(=O)O)CC3)CC2)cc1F. The molecule has 2 aliphatic rings. The lowest BCUT2D eigenvalue weighted by Crippen LogP contribution is -2.53. The molecule has 1 heterocycles. The van der Waals surface area contributed by atoms with Crippen molar-refractivity contribution < 1.29 is 23.9 Å². The number of carbonyl (C=O) groups excluding carboxylic acids is 2. The van der Waals surface area contributed by atoms with Gasteiger partial charge in [0.25, 0.3) is 5.91 Å². The summed E-state index contributed by atoms with van der Waals surface area (Å²) in [5.74, 6) is -2.13. The number of carboxylic acid groups (broad SMARTS) is 1. The van der Waals surface area contributed by atoms with Crippen molar-refractivity contribution >= 4 is 17.8 Å². The Bertz CT molecular complexity index is 707. The number of piperazine rings is 1. The molecule has 1 aliphatic heterocycles. The lowest BCUT2D eigenvalue weighted by atomic mass is 10.1. The number of benzene rings is 1. The topological polar surface area (TPSA) is 77.9 Å². The van der Waals surface area contributed by atoms with Gasteiger partial charge >= 0.3 is 5.97 Å². The van der Waals surface area contributed by atoms with E-state index < -0.39 is 17.2 Å². The van der Waals surface area contributed by atoms with E-state index in [1.165, 1.54) is 11.0 Å². The number of rotatable bonds is 3. The van der Waals surface area contributed by atoms with E-state index in [1.54, 1.807) is 24.0 Å². The molecule has 1 saturated heterocycles. The molecule has 2 amide bonds. The van der Waals surface area contributed by atoms with Crippen molar-refractivity contribution in [2.75, 3.05) is 26.2 Å². The molecule has 1 aromatic rings. The van der Waals surface area contributed by atoms with Gasteiger partial charge in [0, 0.05) is 31.7 Å². The van der Waals surface area contributed by atoms with Crippen LogP contribution in [-0.4, -0.2) is 58.9 Å². The summed E-state index contributed by atoms with van der Waals surface area (Å²) in [7, 11) is 0. The van der Waals surface area contributed by atoms with Crippen LogP contribution in [0.3, 0.4) is 0 Å². The van der Waals surface area contributed by atoms with Gasteiger partial charge in [-0.1, -0.05) is 6.07 Å². The Morgan fingerprint density at radius 3 is 2.17 bits per heavy atom. The Hall–Kier alpha value is -2.44. The summed E-state index contributed by atoms with van der Waals surface area (Å²) >= 11 is 0. The highest BCUT2D eigenvalue weighted by atomic mass is 19.1. The van der Waals surface area contributed by atoms with Crippen molar-refractivity contribution in [3.05, 3.63) is 35.1 Å². The maximum Gasteiger partial charge on any atom is 0.319 e. The minimum Gasteiger partial charge on any atom is -0.480 e. The predicted octanol–water partition coefficient (Wildman–Crippen LogP) is 1.28. The van der Waals surface area contributed by atoms with Crippen molar-refractivity contribution in [2.45, 2.75) is 19.8 Å². The van der Waals surface area contributed by atoms with Gasteiger partial charge in [0.05, 0.1) is 0 Å². The third-order valence-electron chi connectivity index (χ3n) is 4.84. The fraction of sp³-hybridized carbons (Fsp3) is 0.471. The summed E-state index contributed by atoms with van der Waals surface area (Å²) in [5, 5.41) is 9.19. The molecule has 3 rings (SSSR count). The largest absolute Gasteiger partial charge is 0.480 e. The van der Waals surface area contributed by atoms with Gasteiger partial charge < -0.3 is 14.9 Å². The van der Waals surface area contributed by atoms with Crippen molar-refractivity contribution in [2.24, 2.45) is 5.41 Å². The van der Waals surface area contributed by atoms with Crippen LogP contribution in [0.4, 0.5) is 4.39 Å². The van der Waals surface area contributed by atoms with Crippen LogP contribution in [0.15, 0.2) is 18.2 Å². The van der Waals surface area contributed by atoms with Gasteiger partial charge in [0.15, 0.2) is 0 Å². The lowest BCUT2D eigenvalue weighted by molar-refractivity contribution is -0.154. The van der Waals surface area contributed by atoms with Crippen molar-refractivity contribution in [1.29, 1.82) is 0 Å². The zero-order valence-corrected chi connectivity index (χ0v) is 13.4. The maximum atomic E-state index is 13.6.